The van der Waals surface area contributed by atoms with Gasteiger partial charge >= 0.3 is 0 Å². The van der Waals surface area contributed by atoms with Crippen molar-refractivity contribution in [1.29, 1.82) is 0 Å². The lowest BCUT2D eigenvalue weighted by molar-refractivity contribution is 0.476. The van der Waals surface area contributed by atoms with Crippen molar-refractivity contribution in [2.24, 2.45) is 0 Å². The SMILES string of the molecule is CCC(C)c1cnc(N2C3CCC2CNC3)nc1. The van der Waals surface area contributed by atoms with Gasteiger partial charge in [0.2, 0.25) is 5.95 Å². The first kappa shape index (κ1) is 11.9. The predicted octanol–water partition coefficient (Wildman–Crippen LogP) is 1.93. The molecular formula is C14H22N4. The minimum atomic E-state index is 0.554. The van der Waals surface area contributed by atoms with E-state index in [0.29, 0.717) is 18.0 Å². The van der Waals surface area contributed by atoms with E-state index >= 15 is 0 Å². The van der Waals surface area contributed by atoms with Gasteiger partial charge in [-0.2, -0.15) is 0 Å². The summed E-state index contributed by atoms with van der Waals surface area (Å²) in [7, 11) is 0. The molecule has 4 nitrogen and oxygen atoms in total. The maximum absolute atomic E-state index is 4.60. The van der Waals surface area contributed by atoms with Crippen LogP contribution >= 0.6 is 0 Å². The molecule has 0 saturated carbocycles. The van der Waals surface area contributed by atoms with E-state index in [9.17, 15) is 0 Å². The molecule has 4 heteroatoms. The lowest BCUT2D eigenvalue weighted by Gasteiger charge is -2.35. The first-order valence-corrected chi connectivity index (χ1v) is 7.10. The quantitative estimate of drug-likeness (QED) is 0.885. The van der Waals surface area contributed by atoms with Crippen LogP contribution in [0.25, 0.3) is 0 Å². The normalized spacial score (nSPS) is 28.4. The molecule has 3 heterocycles. The van der Waals surface area contributed by atoms with E-state index in [1.807, 2.05) is 12.4 Å². The van der Waals surface area contributed by atoms with Gasteiger partial charge in [-0.05, 0) is 30.7 Å². The molecule has 3 rings (SSSR count). The van der Waals surface area contributed by atoms with Crippen LogP contribution in [0.1, 0.15) is 44.6 Å². The minimum Gasteiger partial charge on any atom is -0.332 e. The van der Waals surface area contributed by atoms with Crippen LogP contribution in [0.15, 0.2) is 12.4 Å². The molecule has 3 unspecified atom stereocenters. The van der Waals surface area contributed by atoms with E-state index in [0.717, 1.165) is 25.5 Å². The molecule has 0 radical (unpaired) electrons. The van der Waals surface area contributed by atoms with Crippen molar-refractivity contribution >= 4 is 5.95 Å². The molecule has 2 aliphatic rings. The first-order valence-electron chi connectivity index (χ1n) is 7.10. The van der Waals surface area contributed by atoms with Crippen molar-refractivity contribution in [2.45, 2.75) is 51.1 Å². The summed E-state index contributed by atoms with van der Waals surface area (Å²) in [6, 6.07) is 1.19. The average Bonchev–Trinajstić information content (AvgIpc) is 2.67. The number of piperazine rings is 1. The third-order valence-corrected chi connectivity index (χ3v) is 4.45. The molecule has 0 aromatic carbocycles. The fourth-order valence-corrected chi connectivity index (χ4v) is 3.06. The van der Waals surface area contributed by atoms with Crippen molar-refractivity contribution in [3.05, 3.63) is 18.0 Å². The number of aromatic nitrogens is 2. The molecule has 2 aliphatic heterocycles. The highest BCUT2D eigenvalue weighted by Crippen LogP contribution is 2.30. The Balaban J connectivity index is 1.80. The molecule has 18 heavy (non-hydrogen) atoms. The van der Waals surface area contributed by atoms with E-state index in [4.69, 9.17) is 0 Å². The lowest BCUT2D eigenvalue weighted by atomic mass is 10.0. The second-order valence-corrected chi connectivity index (χ2v) is 5.58. The molecule has 2 fully saturated rings. The van der Waals surface area contributed by atoms with Gasteiger partial charge in [-0.3, -0.25) is 0 Å². The summed E-state index contributed by atoms with van der Waals surface area (Å²) >= 11 is 0. The number of nitrogens with one attached hydrogen (secondary N) is 1. The van der Waals surface area contributed by atoms with E-state index in [2.05, 4.69) is 34.0 Å². The van der Waals surface area contributed by atoms with Crippen LogP contribution in [0.2, 0.25) is 0 Å². The Morgan fingerprint density at radius 1 is 1.28 bits per heavy atom. The number of hydrogen-bond acceptors (Lipinski definition) is 4. The standard InChI is InChI=1S/C14H22N4/c1-3-10(2)11-6-16-14(17-7-11)18-12-4-5-13(18)9-15-8-12/h6-7,10,12-13,15H,3-5,8-9H2,1-2H3. The van der Waals surface area contributed by atoms with Crippen molar-refractivity contribution in [3.8, 4) is 0 Å². The zero-order valence-corrected chi connectivity index (χ0v) is 11.3. The molecule has 98 valence electrons. The van der Waals surface area contributed by atoms with Crippen LogP contribution in [0.4, 0.5) is 5.95 Å². The van der Waals surface area contributed by atoms with Crippen LogP contribution in [-0.4, -0.2) is 35.1 Å². The van der Waals surface area contributed by atoms with Crippen LogP contribution in [0, 0.1) is 0 Å². The predicted molar refractivity (Wildman–Crippen MR) is 72.9 cm³/mol. The first-order chi connectivity index (χ1) is 8.79. The molecule has 3 atom stereocenters. The molecule has 0 amide bonds. The second-order valence-electron chi connectivity index (χ2n) is 5.58. The number of fused-ring (bicyclic) bond motifs is 2. The van der Waals surface area contributed by atoms with Crippen molar-refractivity contribution < 1.29 is 0 Å². The number of nitrogens with zero attached hydrogens (tertiary/aromatic N) is 3. The zero-order chi connectivity index (χ0) is 12.5. The Morgan fingerprint density at radius 3 is 2.44 bits per heavy atom. The van der Waals surface area contributed by atoms with Crippen LogP contribution in [-0.2, 0) is 0 Å². The molecule has 2 bridgehead atoms. The smallest absolute Gasteiger partial charge is 0.225 e. The summed E-state index contributed by atoms with van der Waals surface area (Å²) in [5.74, 6) is 1.48. The van der Waals surface area contributed by atoms with Crippen LogP contribution < -0.4 is 10.2 Å². The van der Waals surface area contributed by atoms with Gasteiger partial charge in [0.15, 0.2) is 0 Å². The number of anilines is 1. The van der Waals surface area contributed by atoms with Gasteiger partial charge in [0.1, 0.15) is 0 Å². The minimum absolute atomic E-state index is 0.554. The summed E-state index contributed by atoms with van der Waals surface area (Å²) in [5.41, 5.74) is 1.25. The highest BCUT2D eigenvalue weighted by Gasteiger charge is 2.37. The van der Waals surface area contributed by atoms with E-state index < -0.39 is 0 Å². The highest BCUT2D eigenvalue weighted by molar-refractivity contribution is 5.38. The van der Waals surface area contributed by atoms with Crippen molar-refractivity contribution in [3.63, 3.8) is 0 Å². The van der Waals surface area contributed by atoms with Gasteiger partial charge in [0.25, 0.3) is 0 Å². The third-order valence-electron chi connectivity index (χ3n) is 4.45. The monoisotopic (exact) mass is 246 g/mol. The highest BCUT2D eigenvalue weighted by atomic mass is 15.3. The summed E-state index contributed by atoms with van der Waals surface area (Å²) in [5, 5.41) is 3.49. The molecule has 1 aromatic heterocycles. The third kappa shape index (κ3) is 1.99. The Labute approximate surface area is 109 Å². The Morgan fingerprint density at radius 2 is 1.89 bits per heavy atom. The fourth-order valence-electron chi connectivity index (χ4n) is 3.06. The Hall–Kier alpha value is -1.16. The van der Waals surface area contributed by atoms with Crippen LogP contribution in [0.5, 0.6) is 0 Å². The molecule has 1 N–H and O–H groups in total. The van der Waals surface area contributed by atoms with Crippen molar-refractivity contribution in [1.82, 2.24) is 15.3 Å². The van der Waals surface area contributed by atoms with Gasteiger partial charge < -0.3 is 10.2 Å². The van der Waals surface area contributed by atoms with Gasteiger partial charge in [0, 0.05) is 37.6 Å². The molecule has 0 spiro atoms. The Kier molecular flexibility index (Phi) is 3.20. The molecular weight excluding hydrogens is 224 g/mol. The molecule has 2 saturated heterocycles. The van der Waals surface area contributed by atoms with Gasteiger partial charge in [-0.1, -0.05) is 13.8 Å². The summed E-state index contributed by atoms with van der Waals surface area (Å²) < 4.78 is 0. The lowest BCUT2D eigenvalue weighted by Crippen LogP contribution is -2.52. The topological polar surface area (TPSA) is 41.1 Å². The van der Waals surface area contributed by atoms with Crippen molar-refractivity contribution in [2.75, 3.05) is 18.0 Å². The number of hydrogen-bond donors (Lipinski definition) is 1. The fraction of sp³-hybridized carbons (Fsp3) is 0.714. The molecule has 1 aromatic rings. The zero-order valence-electron chi connectivity index (χ0n) is 11.3. The summed E-state index contributed by atoms with van der Waals surface area (Å²) in [4.78, 5) is 11.6. The van der Waals surface area contributed by atoms with Crippen LogP contribution in [0.3, 0.4) is 0 Å². The van der Waals surface area contributed by atoms with Gasteiger partial charge in [0.05, 0.1) is 0 Å². The number of rotatable bonds is 3. The maximum atomic E-state index is 4.60. The summed E-state index contributed by atoms with van der Waals surface area (Å²) in [6.45, 7) is 6.59. The largest absolute Gasteiger partial charge is 0.332 e. The van der Waals surface area contributed by atoms with Gasteiger partial charge in [-0.15, -0.1) is 0 Å². The second kappa shape index (κ2) is 4.84. The van der Waals surface area contributed by atoms with E-state index in [-0.39, 0.29) is 0 Å². The maximum Gasteiger partial charge on any atom is 0.225 e. The van der Waals surface area contributed by atoms with Gasteiger partial charge in [-0.25, -0.2) is 9.97 Å². The van der Waals surface area contributed by atoms with E-state index in [1.54, 1.807) is 0 Å². The average molecular weight is 246 g/mol. The molecule has 0 aliphatic carbocycles. The summed E-state index contributed by atoms with van der Waals surface area (Å²) in [6.07, 6.45) is 7.71. The van der Waals surface area contributed by atoms with E-state index in [1.165, 1.54) is 18.4 Å². The Bertz CT molecular complexity index is 387.